The smallest absolute Gasteiger partial charge is 0.410 e. The van der Waals surface area contributed by atoms with Crippen LogP contribution in [0.2, 0.25) is 0 Å². The van der Waals surface area contributed by atoms with E-state index in [-0.39, 0.29) is 6.09 Å². The molecular formula is C21H30N2O2S. The lowest BCUT2D eigenvalue weighted by Crippen LogP contribution is -2.42. The van der Waals surface area contributed by atoms with Crippen LogP contribution >= 0.6 is 11.3 Å². The van der Waals surface area contributed by atoms with E-state index in [4.69, 9.17) is 4.74 Å². The number of hydrogen-bond acceptors (Lipinski definition) is 3. The first-order valence-corrected chi connectivity index (χ1v) is 10.6. The molecule has 2 fully saturated rings. The Labute approximate surface area is 159 Å². The Hall–Kier alpha value is -1.49. The van der Waals surface area contributed by atoms with Gasteiger partial charge in [0.15, 0.2) is 0 Å². The van der Waals surface area contributed by atoms with Crippen molar-refractivity contribution in [3.63, 3.8) is 0 Å². The molecule has 0 spiro atoms. The lowest BCUT2D eigenvalue weighted by Gasteiger charge is -2.33. The monoisotopic (exact) mass is 374 g/mol. The largest absolute Gasteiger partial charge is 0.444 e. The number of likely N-dealkylation sites (tertiary alicyclic amines) is 1. The van der Waals surface area contributed by atoms with Crippen LogP contribution in [0.25, 0.3) is 10.2 Å². The van der Waals surface area contributed by atoms with E-state index in [1.165, 1.54) is 26.2 Å². The highest BCUT2D eigenvalue weighted by atomic mass is 32.1. The zero-order chi connectivity index (χ0) is 18.8. The number of hydrogen-bond donors (Lipinski definition) is 1. The van der Waals surface area contributed by atoms with Gasteiger partial charge in [0.2, 0.25) is 0 Å². The highest BCUT2D eigenvalue weighted by Crippen LogP contribution is 2.52. The number of carbonyl (C=O) groups excluding carboxylic acids is 1. The van der Waals surface area contributed by atoms with Crippen LogP contribution in [0.5, 0.6) is 0 Å². The molecule has 2 bridgehead atoms. The molecule has 5 heteroatoms. The summed E-state index contributed by atoms with van der Waals surface area (Å²) in [6.07, 6.45) is 4.23. The van der Waals surface area contributed by atoms with Crippen LogP contribution in [0.15, 0.2) is 6.20 Å². The minimum atomic E-state index is -0.422. The van der Waals surface area contributed by atoms with Gasteiger partial charge in [-0.25, -0.2) is 4.79 Å². The minimum absolute atomic E-state index is 0.138. The summed E-state index contributed by atoms with van der Waals surface area (Å²) >= 11 is 1.93. The molecule has 1 aliphatic carbocycles. The lowest BCUT2D eigenvalue weighted by atomic mass is 9.90. The van der Waals surface area contributed by atoms with E-state index in [9.17, 15) is 4.79 Å². The van der Waals surface area contributed by atoms with E-state index in [0.29, 0.717) is 23.8 Å². The van der Waals surface area contributed by atoms with Crippen molar-refractivity contribution in [2.75, 3.05) is 6.54 Å². The van der Waals surface area contributed by atoms with Crippen molar-refractivity contribution >= 4 is 27.6 Å². The van der Waals surface area contributed by atoms with Gasteiger partial charge in [0, 0.05) is 35.0 Å². The molecule has 1 N–H and O–H groups in total. The van der Waals surface area contributed by atoms with Gasteiger partial charge in [0.1, 0.15) is 10.4 Å². The van der Waals surface area contributed by atoms with Crippen molar-refractivity contribution in [1.82, 2.24) is 9.88 Å². The Morgan fingerprint density at radius 3 is 2.65 bits per heavy atom. The third-order valence-electron chi connectivity index (χ3n) is 5.96. The van der Waals surface area contributed by atoms with Crippen molar-refractivity contribution in [3.05, 3.63) is 22.2 Å². The average molecular weight is 375 g/mol. The number of rotatable bonds is 2. The molecule has 2 unspecified atom stereocenters. The number of aryl methyl sites for hydroxylation is 1. The van der Waals surface area contributed by atoms with Crippen molar-refractivity contribution in [2.24, 2.45) is 5.92 Å². The molecule has 1 amide bonds. The van der Waals surface area contributed by atoms with Gasteiger partial charge in [0.25, 0.3) is 0 Å². The summed E-state index contributed by atoms with van der Waals surface area (Å²) in [7, 11) is 0. The standard InChI is InChI=1S/C21H30N2O2S/c1-11(2)16-9-22-19-17(16)12(3)18(26-19)15-8-14-7-13(15)10-23(14)20(24)25-21(4,5)6/h9,11,13-15,22H,7-8,10H2,1-6H3/t13?,14-,15?/m0/s1. The summed E-state index contributed by atoms with van der Waals surface area (Å²) in [6, 6.07) is 0.337. The van der Waals surface area contributed by atoms with Crippen LogP contribution in [0.3, 0.4) is 0 Å². The highest BCUT2D eigenvalue weighted by molar-refractivity contribution is 7.19. The predicted molar refractivity (Wildman–Crippen MR) is 107 cm³/mol. The number of carbonyl (C=O) groups is 1. The molecule has 4 nitrogen and oxygen atoms in total. The molecule has 0 radical (unpaired) electrons. The Morgan fingerprint density at radius 1 is 1.35 bits per heavy atom. The van der Waals surface area contributed by atoms with Gasteiger partial charge in [-0.2, -0.15) is 0 Å². The van der Waals surface area contributed by atoms with Gasteiger partial charge >= 0.3 is 6.09 Å². The molecule has 4 rings (SSSR count). The Morgan fingerprint density at radius 2 is 2.08 bits per heavy atom. The molecule has 26 heavy (non-hydrogen) atoms. The number of ether oxygens (including phenoxy) is 1. The van der Waals surface area contributed by atoms with Crippen LogP contribution < -0.4 is 0 Å². The van der Waals surface area contributed by atoms with E-state index >= 15 is 0 Å². The first-order valence-electron chi connectivity index (χ1n) is 9.75. The second-order valence-electron chi connectivity index (χ2n) is 9.32. The van der Waals surface area contributed by atoms with Crippen molar-refractivity contribution in [1.29, 1.82) is 0 Å². The van der Waals surface area contributed by atoms with Crippen LogP contribution in [0.1, 0.15) is 75.3 Å². The number of aromatic nitrogens is 1. The van der Waals surface area contributed by atoms with Crippen LogP contribution in [-0.4, -0.2) is 34.2 Å². The zero-order valence-electron chi connectivity index (χ0n) is 16.7. The Bertz CT molecular complexity index is 842. The van der Waals surface area contributed by atoms with E-state index in [1.807, 2.05) is 37.0 Å². The molecule has 142 valence electrons. The molecule has 0 aromatic carbocycles. The molecular weight excluding hydrogens is 344 g/mol. The van der Waals surface area contributed by atoms with Crippen LogP contribution in [0, 0.1) is 12.8 Å². The van der Waals surface area contributed by atoms with Gasteiger partial charge in [-0.3, -0.25) is 0 Å². The molecule has 1 saturated heterocycles. The number of piperidine rings is 1. The quantitative estimate of drug-likeness (QED) is 0.725. The molecule has 2 aliphatic rings. The number of H-pyrrole nitrogens is 1. The normalized spacial score (nSPS) is 25.7. The summed E-state index contributed by atoms with van der Waals surface area (Å²) in [5.74, 6) is 1.69. The van der Waals surface area contributed by atoms with Gasteiger partial charge in [-0.1, -0.05) is 13.8 Å². The predicted octanol–water partition coefficient (Wildman–Crippen LogP) is 5.77. The third kappa shape index (κ3) is 2.84. The Balaban J connectivity index is 1.55. The third-order valence-corrected chi connectivity index (χ3v) is 7.31. The lowest BCUT2D eigenvalue weighted by molar-refractivity contribution is 0.0181. The average Bonchev–Trinajstić information content (AvgIpc) is 3.25. The number of thiophene rings is 1. The van der Waals surface area contributed by atoms with E-state index in [2.05, 4.69) is 32.0 Å². The zero-order valence-corrected chi connectivity index (χ0v) is 17.5. The van der Waals surface area contributed by atoms with Gasteiger partial charge in [0.05, 0.1) is 0 Å². The Kier molecular flexibility index (Phi) is 4.14. The highest BCUT2D eigenvalue weighted by Gasteiger charge is 2.49. The SMILES string of the molecule is Cc1c(C2C[C@@H]3CC2CN3C(=O)OC(C)(C)C)sc2[nH]cc(C(C)C)c12. The maximum Gasteiger partial charge on any atom is 0.410 e. The molecule has 1 aliphatic heterocycles. The van der Waals surface area contributed by atoms with E-state index in [0.717, 1.165) is 19.4 Å². The van der Waals surface area contributed by atoms with Crippen molar-refractivity contribution in [3.8, 4) is 0 Å². The molecule has 2 aromatic heterocycles. The van der Waals surface area contributed by atoms with Crippen LogP contribution in [-0.2, 0) is 4.74 Å². The summed E-state index contributed by atoms with van der Waals surface area (Å²) in [4.78, 5) is 20.8. The number of nitrogens with zero attached hydrogens (tertiary/aromatic N) is 1. The maximum atomic E-state index is 12.5. The number of aromatic amines is 1. The summed E-state index contributed by atoms with van der Waals surface area (Å²) in [6.45, 7) is 13.4. The van der Waals surface area contributed by atoms with Gasteiger partial charge < -0.3 is 14.6 Å². The molecule has 3 atom stereocenters. The maximum absolute atomic E-state index is 12.5. The second-order valence-corrected chi connectivity index (χ2v) is 10.4. The first kappa shape index (κ1) is 17.9. The van der Waals surface area contributed by atoms with Gasteiger partial charge in [-0.15, -0.1) is 11.3 Å². The van der Waals surface area contributed by atoms with E-state index < -0.39 is 5.60 Å². The van der Waals surface area contributed by atoms with Crippen molar-refractivity contribution < 1.29 is 9.53 Å². The minimum Gasteiger partial charge on any atom is -0.444 e. The fourth-order valence-electron chi connectivity index (χ4n) is 4.82. The van der Waals surface area contributed by atoms with E-state index in [1.54, 1.807) is 0 Å². The molecule has 1 saturated carbocycles. The topological polar surface area (TPSA) is 45.3 Å². The summed E-state index contributed by atoms with van der Waals surface area (Å²) < 4.78 is 5.60. The number of amides is 1. The number of nitrogens with one attached hydrogen (secondary N) is 1. The first-order chi connectivity index (χ1) is 12.2. The summed E-state index contributed by atoms with van der Waals surface area (Å²) in [5, 5.41) is 1.44. The molecule has 3 heterocycles. The van der Waals surface area contributed by atoms with Crippen LogP contribution in [0.4, 0.5) is 4.79 Å². The second kappa shape index (κ2) is 6.01. The van der Waals surface area contributed by atoms with Crippen molar-refractivity contribution in [2.45, 2.75) is 77.9 Å². The number of fused-ring (bicyclic) bond motifs is 3. The fourth-order valence-corrected chi connectivity index (χ4v) is 6.23. The summed E-state index contributed by atoms with van der Waals surface area (Å²) in [5.41, 5.74) is 2.46. The van der Waals surface area contributed by atoms with Gasteiger partial charge in [-0.05, 0) is 63.5 Å². The fraction of sp³-hybridized carbons (Fsp3) is 0.667. The molecule has 2 aromatic rings.